The van der Waals surface area contributed by atoms with Gasteiger partial charge in [-0.05, 0) is 26.0 Å². The van der Waals surface area contributed by atoms with Crippen LogP contribution in [0, 0.1) is 6.92 Å². The molecule has 0 saturated heterocycles. The molecule has 0 aromatic carbocycles. The summed E-state index contributed by atoms with van der Waals surface area (Å²) in [5.41, 5.74) is 2.17. The Bertz CT molecular complexity index is 803. The number of fused-ring (bicyclic) bond motifs is 1. The Morgan fingerprint density at radius 3 is 2.86 bits per heavy atom. The Hall–Kier alpha value is -2.70. The van der Waals surface area contributed by atoms with Gasteiger partial charge in [0, 0.05) is 18.9 Å². The highest BCUT2D eigenvalue weighted by atomic mass is 16.2. The van der Waals surface area contributed by atoms with E-state index in [9.17, 15) is 4.79 Å². The summed E-state index contributed by atoms with van der Waals surface area (Å²) in [6.07, 6.45) is 3.34. The predicted molar refractivity (Wildman–Crippen MR) is 76.8 cm³/mol. The van der Waals surface area contributed by atoms with Gasteiger partial charge in [0.25, 0.3) is 5.91 Å². The van der Waals surface area contributed by atoms with E-state index in [4.69, 9.17) is 0 Å². The summed E-state index contributed by atoms with van der Waals surface area (Å²) < 4.78 is 3.67. The van der Waals surface area contributed by atoms with Crippen molar-refractivity contribution < 1.29 is 4.79 Å². The van der Waals surface area contributed by atoms with Crippen molar-refractivity contribution in [2.75, 3.05) is 0 Å². The number of nitrogens with zero attached hydrogens (tertiary/aromatic N) is 5. The van der Waals surface area contributed by atoms with Crippen LogP contribution in [0.4, 0.5) is 0 Å². The lowest BCUT2D eigenvalue weighted by molar-refractivity contribution is 0.0933. The molecule has 3 aromatic rings. The topological polar surface area (TPSA) is 77.1 Å². The number of carbonyl (C=O) groups excluding carboxylic acids is 1. The summed E-state index contributed by atoms with van der Waals surface area (Å²) in [7, 11) is 1.84. The molecule has 0 radical (unpaired) electrons. The zero-order valence-corrected chi connectivity index (χ0v) is 12.1. The quantitative estimate of drug-likeness (QED) is 0.785. The van der Waals surface area contributed by atoms with Crippen molar-refractivity contribution in [3.63, 3.8) is 0 Å². The second kappa shape index (κ2) is 5.01. The van der Waals surface area contributed by atoms with E-state index < -0.39 is 0 Å². The van der Waals surface area contributed by atoms with Gasteiger partial charge in [-0.15, -0.1) is 10.2 Å². The van der Waals surface area contributed by atoms with Gasteiger partial charge in [-0.1, -0.05) is 6.07 Å². The van der Waals surface area contributed by atoms with Crippen LogP contribution in [0.25, 0.3) is 5.65 Å². The number of aromatic nitrogens is 5. The average Bonchev–Trinajstić information content (AvgIpc) is 3.05. The van der Waals surface area contributed by atoms with Crippen molar-refractivity contribution in [1.29, 1.82) is 0 Å². The Morgan fingerprint density at radius 2 is 2.19 bits per heavy atom. The molecule has 0 aliphatic rings. The lowest BCUT2D eigenvalue weighted by Crippen LogP contribution is -2.28. The van der Waals surface area contributed by atoms with Crippen LogP contribution < -0.4 is 5.32 Å². The molecule has 1 amide bonds. The number of hydrogen-bond acceptors (Lipinski definition) is 4. The molecule has 0 fully saturated rings. The second-order valence-electron chi connectivity index (χ2n) is 5.02. The maximum atomic E-state index is 12.3. The minimum atomic E-state index is -0.240. The number of aryl methyl sites for hydroxylation is 2. The Labute approximate surface area is 121 Å². The number of pyridine rings is 1. The molecule has 108 valence electrons. The van der Waals surface area contributed by atoms with Crippen molar-refractivity contribution >= 4 is 11.6 Å². The van der Waals surface area contributed by atoms with Crippen molar-refractivity contribution in [2.45, 2.75) is 19.9 Å². The molecule has 3 rings (SSSR count). The zero-order valence-electron chi connectivity index (χ0n) is 12.1. The van der Waals surface area contributed by atoms with Gasteiger partial charge in [-0.3, -0.25) is 4.79 Å². The summed E-state index contributed by atoms with van der Waals surface area (Å²) >= 11 is 0. The van der Waals surface area contributed by atoms with Crippen molar-refractivity contribution in [2.24, 2.45) is 7.05 Å². The summed E-state index contributed by atoms with van der Waals surface area (Å²) in [5.74, 6) is 0.469. The van der Waals surface area contributed by atoms with Crippen LogP contribution in [0.15, 0.2) is 30.7 Å². The number of imidazole rings is 1. The highest BCUT2D eigenvalue weighted by Gasteiger charge is 2.17. The number of nitrogens with one attached hydrogen (secondary N) is 1. The molecule has 21 heavy (non-hydrogen) atoms. The zero-order chi connectivity index (χ0) is 15.0. The third-order valence-corrected chi connectivity index (χ3v) is 3.41. The molecule has 0 aliphatic heterocycles. The first-order valence-electron chi connectivity index (χ1n) is 6.65. The van der Waals surface area contributed by atoms with E-state index >= 15 is 0 Å². The summed E-state index contributed by atoms with van der Waals surface area (Å²) in [6, 6.07) is 5.52. The molecular weight excluding hydrogens is 268 g/mol. The molecule has 0 bridgehead atoms. The Balaban J connectivity index is 1.84. The molecule has 0 spiro atoms. The highest BCUT2D eigenvalue weighted by molar-refractivity contribution is 5.93. The van der Waals surface area contributed by atoms with Gasteiger partial charge in [0.2, 0.25) is 0 Å². The largest absolute Gasteiger partial charge is 0.341 e. The van der Waals surface area contributed by atoms with Gasteiger partial charge < -0.3 is 14.3 Å². The number of amides is 1. The third-order valence-electron chi connectivity index (χ3n) is 3.41. The molecule has 7 nitrogen and oxygen atoms in total. The first-order chi connectivity index (χ1) is 10.1. The van der Waals surface area contributed by atoms with Crippen LogP contribution >= 0.6 is 0 Å². The lowest BCUT2D eigenvalue weighted by Gasteiger charge is -2.11. The van der Waals surface area contributed by atoms with Crippen molar-refractivity contribution in [1.82, 2.24) is 29.5 Å². The first kappa shape index (κ1) is 13.3. The van der Waals surface area contributed by atoms with Crippen LogP contribution in [0.3, 0.4) is 0 Å². The van der Waals surface area contributed by atoms with Gasteiger partial charge in [0.05, 0.1) is 6.04 Å². The van der Waals surface area contributed by atoms with Gasteiger partial charge in [0.15, 0.2) is 5.82 Å². The minimum Gasteiger partial charge on any atom is -0.341 e. The molecule has 7 heteroatoms. The number of hydrogen-bond donors (Lipinski definition) is 1. The van der Waals surface area contributed by atoms with E-state index in [0.29, 0.717) is 11.5 Å². The number of rotatable bonds is 3. The van der Waals surface area contributed by atoms with E-state index in [1.807, 2.05) is 43.5 Å². The Kier molecular flexibility index (Phi) is 3.17. The average molecular weight is 284 g/mol. The minimum absolute atomic E-state index is 0.228. The van der Waals surface area contributed by atoms with Crippen LogP contribution in [-0.2, 0) is 7.05 Å². The van der Waals surface area contributed by atoms with Gasteiger partial charge in [-0.25, -0.2) is 4.98 Å². The molecule has 1 unspecified atom stereocenters. The molecule has 1 atom stereocenters. The molecule has 1 N–H and O–H groups in total. The number of carbonyl (C=O) groups is 1. The van der Waals surface area contributed by atoms with Crippen molar-refractivity contribution in [3.8, 4) is 0 Å². The van der Waals surface area contributed by atoms with E-state index in [1.165, 1.54) is 0 Å². The summed E-state index contributed by atoms with van der Waals surface area (Å²) in [6.45, 7) is 3.83. The summed E-state index contributed by atoms with van der Waals surface area (Å²) in [5, 5.41) is 10.7. The second-order valence-corrected chi connectivity index (χ2v) is 5.02. The smallest absolute Gasteiger partial charge is 0.272 e. The maximum absolute atomic E-state index is 12.3. The maximum Gasteiger partial charge on any atom is 0.272 e. The summed E-state index contributed by atoms with van der Waals surface area (Å²) in [4.78, 5) is 16.6. The molecule has 3 heterocycles. The normalized spacial score (nSPS) is 12.5. The fourth-order valence-corrected chi connectivity index (χ4v) is 2.28. The third kappa shape index (κ3) is 2.37. The standard InChI is InChI=1S/C14H16N6O/c1-9-5-4-6-12-17-11(7-20(9)12)14(21)16-10(2)13-18-15-8-19(13)3/h4-8,10H,1-3H3,(H,16,21). The van der Waals surface area contributed by atoms with E-state index in [1.54, 1.807) is 17.1 Å². The monoisotopic (exact) mass is 284 g/mol. The molecule has 0 saturated carbocycles. The van der Waals surface area contributed by atoms with Crippen LogP contribution in [0.1, 0.15) is 35.0 Å². The van der Waals surface area contributed by atoms with Crippen molar-refractivity contribution in [3.05, 3.63) is 47.9 Å². The first-order valence-corrected chi connectivity index (χ1v) is 6.65. The van der Waals surface area contributed by atoms with Crippen LogP contribution in [0.5, 0.6) is 0 Å². The van der Waals surface area contributed by atoms with Crippen LogP contribution in [-0.4, -0.2) is 30.1 Å². The molecular formula is C14H16N6O. The van der Waals surface area contributed by atoms with E-state index in [-0.39, 0.29) is 11.9 Å². The van der Waals surface area contributed by atoms with Gasteiger partial charge in [0.1, 0.15) is 17.7 Å². The van der Waals surface area contributed by atoms with Gasteiger partial charge >= 0.3 is 0 Å². The fraction of sp³-hybridized carbons (Fsp3) is 0.286. The predicted octanol–water partition coefficient (Wildman–Crippen LogP) is 1.26. The van der Waals surface area contributed by atoms with E-state index in [2.05, 4.69) is 20.5 Å². The van der Waals surface area contributed by atoms with Gasteiger partial charge in [-0.2, -0.15) is 0 Å². The fourth-order valence-electron chi connectivity index (χ4n) is 2.28. The molecule has 0 aliphatic carbocycles. The lowest BCUT2D eigenvalue weighted by atomic mass is 10.3. The molecule has 3 aromatic heterocycles. The highest BCUT2D eigenvalue weighted by Crippen LogP contribution is 2.11. The SMILES string of the molecule is Cc1cccc2nc(C(=O)NC(C)c3nncn3C)cn12. The van der Waals surface area contributed by atoms with Crippen LogP contribution in [0.2, 0.25) is 0 Å². The van der Waals surface area contributed by atoms with E-state index in [0.717, 1.165) is 11.3 Å². The Morgan fingerprint density at radius 1 is 1.38 bits per heavy atom.